The van der Waals surface area contributed by atoms with E-state index in [1.54, 1.807) is 0 Å². The number of aromatic nitrogens is 1. The molecule has 2 nitrogen and oxygen atoms in total. The van der Waals surface area contributed by atoms with Crippen LogP contribution in [0.2, 0.25) is 5.15 Å². The smallest absolute Gasteiger partial charge is 0.260 e. The summed E-state index contributed by atoms with van der Waals surface area (Å²) in [6, 6.07) is 3.03. The van der Waals surface area contributed by atoms with Crippen LogP contribution in [0, 0.1) is 11.6 Å². The molecule has 0 spiro atoms. The van der Waals surface area contributed by atoms with E-state index in [1.165, 1.54) is 6.07 Å². The van der Waals surface area contributed by atoms with Gasteiger partial charge in [-0.3, -0.25) is 4.79 Å². The van der Waals surface area contributed by atoms with Crippen molar-refractivity contribution in [3.8, 4) is 0 Å². The standard InChI is InChI=1S/C9H4ClF2NO/c10-7-3-4-5(11)1-2-6(12)8(4)9(14)13-7/h1-3H,(H,13,14). The molecule has 0 fully saturated rings. The number of hydrogen-bond acceptors (Lipinski definition) is 1. The number of H-pyrrole nitrogens is 1. The number of rotatable bonds is 0. The molecule has 0 aliphatic rings. The largest absolute Gasteiger partial charge is 0.312 e. The number of aromatic amines is 1. The number of hydrogen-bond donors (Lipinski definition) is 1. The molecule has 1 heterocycles. The first-order chi connectivity index (χ1) is 6.59. The average molecular weight is 216 g/mol. The molecule has 2 rings (SSSR count). The zero-order valence-corrected chi connectivity index (χ0v) is 7.53. The molecule has 0 unspecified atom stereocenters. The van der Waals surface area contributed by atoms with E-state index in [-0.39, 0.29) is 15.9 Å². The second-order valence-electron chi connectivity index (χ2n) is 2.76. The molecule has 1 aromatic carbocycles. The van der Waals surface area contributed by atoms with Crippen molar-refractivity contribution in [1.82, 2.24) is 4.98 Å². The first-order valence-corrected chi connectivity index (χ1v) is 4.14. The van der Waals surface area contributed by atoms with Crippen molar-refractivity contribution in [2.75, 3.05) is 0 Å². The fraction of sp³-hybridized carbons (Fsp3) is 0. The van der Waals surface area contributed by atoms with Crippen molar-refractivity contribution in [3.05, 3.63) is 45.3 Å². The van der Waals surface area contributed by atoms with Crippen molar-refractivity contribution >= 4 is 22.4 Å². The number of halogens is 3. The van der Waals surface area contributed by atoms with Crippen molar-refractivity contribution < 1.29 is 8.78 Å². The van der Waals surface area contributed by atoms with E-state index < -0.39 is 17.2 Å². The summed E-state index contributed by atoms with van der Waals surface area (Å²) >= 11 is 5.50. The lowest BCUT2D eigenvalue weighted by atomic mass is 10.1. The Labute approximate surface area is 82.1 Å². The van der Waals surface area contributed by atoms with Gasteiger partial charge in [0.15, 0.2) is 0 Å². The molecule has 0 saturated heterocycles. The number of benzene rings is 1. The van der Waals surface area contributed by atoms with E-state index in [4.69, 9.17) is 11.6 Å². The highest BCUT2D eigenvalue weighted by Gasteiger charge is 2.10. The molecule has 1 aromatic heterocycles. The molecule has 72 valence electrons. The average Bonchev–Trinajstić information content (AvgIpc) is 2.10. The third kappa shape index (κ3) is 1.28. The summed E-state index contributed by atoms with van der Waals surface area (Å²) in [5.74, 6) is -1.44. The first kappa shape index (κ1) is 9.15. The van der Waals surface area contributed by atoms with Gasteiger partial charge in [-0.1, -0.05) is 11.6 Å². The van der Waals surface area contributed by atoms with E-state index in [2.05, 4.69) is 4.98 Å². The molecule has 1 N–H and O–H groups in total. The monoisotopic (exact) mass is 215 g/mol. The third-order valence-corrected chi connectivity index (χ3v) is 2.08. The van der Waals surface area contributed by atoms with Crippen LogP contribution in [0.3, 0.4) is 0 Å². The summed E-state index contributed by atoms with van der Waals surface area (Å²) in [5.41, 5.74) is -0.732. The van der Waals surface area contributed by atoms with E-state index in [0.717, 1.165) is 12.1 Å². The normalized spacial score (nSPS) is 10.8. The van der Waals surface area contributed by atoms with Crippen molar-refractivity contribution in [2.45, 2.75) is 0 Å². The van der Waals surface area contributed by atoms with Gasteiger partial charge in [-0.15, -0.1) is 0 Å². The second-order valence-corrected chi connectivity index (χ2v) is 3.17. The summed E-state index contributed by atoms with van der Waals surface area (Å²) in [6.07, 6.45) is 0. The van der Waals surface area contributed by atoms with Crippen molar-refractivity contribution in [3.63, 3.8) is 0 Å². The number of nitrogens with one attached hydrogen (secondary N) is 1. The topological polar surface area (TPSA) is 32.9 Å². The summed E-state index contributed by atoms with van der Waals surface area (Å²) in [6.45, 7) is 0. The molecule has 2 aromatic rings. The summed E-state index contributed by atoms with van der Waals surface area (Å²) in [5, 5.41) is -0.444. The number of fused-ring (bicyclic) bond motifs is 1. The zero-order valence-electron chi connectivity index (χ0n) is 6.77. The van der Waals surface area contributed by atoms with Crippen LogP contribution >= 0.6 is 11.6 Å². The zero-order chi connectivity index (χ0) is 10.3. The molecule has 14 heavy (non-hydrogen) atoms. The maximum absolute atomic E-state index is 13.1. The Morgan fingerprint density at radius 2 is 1.86 bits per heavy atom. The quantitative estimate of drug-likeness (QED) is 0.673. The van der Waals surface area contributed by atoms with Gasteiger partial charge >= 0.3 is 0 Å². The maximum atomic E-state index is 13.1. The van der Waals surface area contributed by atoms with Crippen LogP contribution in [0.1, 0.15) is 0 Å². The fourth-order valence-corrected chi connectivity index (χ4v) is 1.47. The van der Waals surface area contributed by atoms with Crippen LogP contribution in [0.15, 0.2) is 23.0 Å². The van der Waals surface area contributed by atoms with Crippen LogP contribution in [0.4, 0.5) is 8.78 Å². The molecule has 0 radical (unpaired) electrons. The van der Waals surface area contributed by atoms with Crippen LogP contribution < -0.4 is 5.56 Å². The summed E-state index contributed by atoms with van der Waals surface area (Å²) in [7, 11) is 0. The third-order valence-electron chi connectivity index (χ3n) is 1.87. The summed E-state index contributed by atoms with van der Waals surface area (Å²) in [4.78, 5) is 13.4. The SMILES string of the molecule is O=c1[nH]c(Cl)cc2c(F)ccc(F)c12. The predicted molar refractivity (Wildman–Crippen MR) is 49.5 cm³/mol. The minimum atomic E-state index is -0.765. The lowest BCUT2D eigenvalue weighted by molar-refractivity contribution is 0.616. The molecule has 0 atom stereocenters. The lowest BCUT2D eigenvalue weighted by Crippen LogP contribution is -2.08. The molecule has 0 amide bonds. The minimum Gasteiger partial charge on any atom is -0.312 e. The van der Waals surface area contributed by atoms with Gasteiger partial charge in [0.1, 0.15) is 16.8 Å². The highest BCUT2D eigenvalue weighted by molar-refractivity contribution is 6.30. The van der Waals surface area contributed by atoms with E-state index in [0.29, 0.717) is 0 Å². The van der Waals surface area contributed by atoms with Gasteiger partial charge in [0, 0.05) is 5.39 Å². The van der Waals surface area contributed by atoms with Crippen molar-refractivity contribution in [1.29, 1.82) is 0 Å². The molecular weight excluding hydrogens is 212 g/mol. The Morgan fingerprint density at radius 1 is 1.21 bits per heavy atom. The molecule has 0 saturated carbocycles. The van der Waals surface area contributed by atoms with Crippen molar-refractivity contribution in [2.24, 2.45) is 0 Å². The van der Waals surface area contributed by atoms with Gasteiger partial charge in [0.2, 0.25) is 0 Å². The van der Waals surface area contributed by atoms with Crippen LogP contribution in [-0.4, -0.2) is 4.98 Å². The fourth-order valence-electron chi connectivity index (χ4n) is 1.27. The molecule has 5 heteroatoms. The molecule has 0 aliphatic heterocycles. The minimum absolute atomic E-state index is 0.0213. The van der Waals surface area contributed by atoms with Gasteiger partial charge in [0.05, 0.1) is 5.39 Å². The molecular formula is C9H4ClF2NO. The van der Waals surface area contributed by atoms with Gasteiger partial charge < -0.3 is 4.98 Å². The molecule has 0 bridgehead atoms. The Bertz CT molecular complexity index is 564. The Hall–Kier alpha value is -1.42. The highest BCUT2D eigenvalue weighted by atomic mass is 35.5. The number of pyridine rings is 1. The Morgan fingerprint density at radius 3 is 2.57 bits per heavy atom. The summed E-state index contributed by atoms with van der Waals surface area (Å²) < 4.78 is 26.3. The second kappa shape index (κ2) is 3.06. The van der Waals surface area contributed by atoms with E-state index in [1.807, 2.05) is 0 Å². The predicted octanol–water partition coefficient (Wildman–Crippen LogP) is 2.46. The highest BCUT2D eigenvalue weighted by Crippen LogP contribution is 2.19. The first-order valence-electron chi connectivity index (χ1n) is 3.76. The van der Waals surface area contributed by atoms with Crippen LogP contribution in [0.25, 0.3) is 10.8 Å². The van der Waals surface area contributed by atoms with Crippen LogP contribution in [-0.2, 0) is 0 Å². The van der Waals surface area contributed by atoms with Gasteiger partial charge in [0.25, 0.3) is 5.56 Å². The van der Waals surface area contributed by atoms with E-state index >= 15 is 0 Å². The van der Waals surface area contributed by atoms with Crippen LogP contribution in [0.5, 0.6) is 0 Å². The Balaban J connectivity index is 3.08. The van der Waals surface area contributed by atoms with E-state index in [9.17, 15) is 13.6 Å². The van der Waals surface area contributed by atoms with Gasteiger partial charge in [-0.05, 0) is 18.2 Å². The lowest BCUT2D eigenvalue weighted by Gasteiger charge is -2.00. The Kier molecular flexibility index (Phi) is 2.00. The molecule has 0 aliphatic carbocycles. The van der Waals surface area contributed by atoms with Gasteiger partial charge in [-0.2, -0.15) is 0 Å². The van der Waals surface area contributed by atoms with Gasteiger partial charge in [-0.25, -0.2) is 8.78 Å². The maximum Gasteiger partial charge on any atom is 0.260 e.